The Balaban J connectivity index is 1.58. The molecule has 0 spiro atoms. The van der Waals surface area contributed by atoms with E-state index >= 15 is 0 Å². The molecule has 1 unspecified atom stereocenters. The lowest BCUT2D eigenvalue weighted by atomic mass is 10.1. The van der Waals surface area contributed by atoms with Gasteiger partial charge in [0.15, 0.2) is 12.4 Å². The Hall–Kier alpha value is -2.37. The summed E-state index contributed by atoms with van der Waals surface area (Å²) in [6.45, 7) is 9.22. The minimum Gasteiger partial charge on any atom is -0.483 e. The molecule has 3 rings (SSSR count). The summed E-state index contributed by atoms with van der Waals surface area (Å²) in [6, 6.07) is 4.13. The van der Waals surface area contributed by atoms with E-state index in [1.807, 2.05) is 18.7 Å². The minimum atomic E-state index is -0.00638. The number of hydrogen-bond acceptors (Lipinski definition) is 5. The van der Waals surface area contributed by atoms with Crippen LogP contribution in [0.4, 0.5) is 0 Å². The second-order valence-corrected chi connectivity index (χ2v) is 6.52. The van der Waals surface area contributed by atoms with E-state index in [4.69, 9.17) is 9.26 Å². The van der Waals surface area contributed by atoms with E-state index in [0.717, 1.165) is 23.3 Å². The molecule has 1 amide bonds. The molecule has 1 aromatic carbocycles. The topological polar surface area (TPSA) is 68.5 Å². The highest BCUT2D eigenvalue weighted by molar-refractivity contribution is 5.78. The zero-order valence-corrected chi connectivity index (χ0v) is 14.6. The number of ether oxygens (including phenoxy) is 1. The number of benzene rings is 1. The van der Waals surface area contributed by atoms with Crippen molar-refractivity contribution in [2.75, 3.05) is 19.7 Å². The molecule has 1 saturated heterocycles. The maximum atomic E-state index is 12.4. The van der Waals surface area contributed by atoms with E-state index in [1.54, 1.807) is 6.92 Å². The standard InChI is InChI=1S/C18H23N3O3/c1-11-7-12(2)17(13(3)8-11)23-10-16(22)21-6-5-15(9-21)18-19-14(4)20-24-18/h7-8,15H,5-6,9-10H2,1-4H3. The second-order valence-electron chi connectivity index (χ2n) is 6.52. The molecule has 0 aliphatic carbocycles. The molecule has 0 bridgehead atoms. The van der Waals surface area contributed by atoms with Crippen LogP contribution in [0.1, 0.15) is 40.7 Å². The predicted molar refractivity (Wildman–Crippen MR) is 89.1 cm³/mol. The Kier molecular flexibility index (Phi) is 4.55. The van der Waals surface area contributed by atoms with Crippen molar-refractivity contribution >= 4 is 5.91 Å². The molecular weight excluding hydrogens is 306 g/mol. The van der Waals surface area contributed by atoms with Gasteiger partial charge < -0.3 is 14.2 Å². The van der Waals surface area contributed by atoms with Crippen molar-refractivity contribution in [2.24, 2.45) is 0 Å². The molecule has 1 aliphatic heterocycles. The maximum absolute atomic E-state index is 12.4. The Morgan fingerprint density at radius 1 is 1.29 bits per heavy atom. The van der Waals surface area contributed by atoms with Gasteiger partial charge in [-0.25, -0.2) is 0 Å². The number of aryl methyl sites for hydroxylation is 4. The lowest BCUT2D eigenvalue weighted by molar-refractivity contribution is -0.132. The molecule has 2 aromatic rings. The fourth-order valence-corrected chi connectivity index (χ4v) is 3.29. The van der Waals surface area contributed by atoms with Gasteiger partial charge in [0.25, 0.3) is 5.91 Å². The van der Waals surface area contributed by atoms with Crippen molar-refractivity contribution in [1.82, 2.24) is 15.0 Å². The third-order valence-electron chi connectivity index (χ3n) is 4.38. The van der Waals surface area contributed by atoms with Crippen molar-refractivity contribution in [3.05, 3.63) is 40.5 Å². The van der Waals surface area contributed by atoms with Gasteiger partial charge in [0.2, 0.25) is 5.89 Å². The molecule has 2 heterocycles. The highest BCUT2D eigenvalue weighted by atomic mass is 16.5. The minimum absolute atomic E-state index is 0.00638. The lowest BCUT2D eigenvalue weighted by Crippen LogP contribution is -2.33. The highest BCUT2D eigenvalue weighted by Crippen LogP contribution is 2.27. The highest BCUT2D eigenvalue weighted by Gasteiger charge is 2.31. The van der Waals surface area contributed by atoms with E-state index in [9.17, 15) is 4.79 Å². The SMILES string of the molecule is Cc1cc(C)c(OCC(=O)N2CCC(c3nc(C)no3)C2)c(C)c1. The summed E-state index contributed by atoms with van der Waals surface area (Å²) in [5, 5.41) is 3.82. The fourth-order valence-electron chi connectivity index (χ4n) is 3.29. The number of likely N-dealkylation sites (tertiary alicyclic amines) is 1. The first-order valence-electron chi connectivity index (χ1n) is 8.22. The van der Waals surface area contributed by atoms with Gasteiger partial charge in [0.05, 0.1) is 5.92 Å². The van der Waals surface area contributed by atoms with E-state index in [0.29, 0.717) is 24.8 Å². The fraction of sp³-hybridized carbons (Fsp3) is 0.500. The number of rotatable bonds is 4. The number of aromatic nitrogens is 2. The van der Waals surface area contributed by atoms with Crippen LogP contribution in [-0.4, -0.2) is 40.6 Å². The van der Waals surface area contributed by atoms with Gasteiger partial charge in [0, 0.05) is 13.1 Å². The van der Waals surface area contributed by atoms with Crippen molar-refractivity contribution in [3.63, 3.8) is 0 Å². The van der Waals surface area contributed by atoms with Gasteiger partial charge in [-0.1, -0.05) is 22.9 Å². The van der Waals surface area contributed by atoms with E-state index in [1.165, 1.54) is 5.56 Å². The summed E-state index contributed by atoms with van der Waals surface area (Å²) in [6.07, 6.45) is 0.843. The van der Waals surface area contributed by atoms with Gasteiger partial charge in [0.1, 0.15) is 5.75 Å². The van der Waals surface area contributed by atoms with Crippen LogP contribution in [0.15, 0.2) is 16.7 Å². The number of carbonyl (C=O) groups is 1. The van der Waals surface area contributed by atoms with Crippen LogP contribution in [-0.2, 0) is 4.79 Å². The summed E-state index contributed by atoms with van der Waals surface area (Å²) < 4.78 is 11.0. The molecular formula is C18H23N3O3. The van der Waals surface area contributed by atoms with Crippen LogP contribution in [0.3, 0.4) is 0 Å². The normalized spacial score (nSPS) is 17.3. The monoisotopic (exact) mass is 329 g/mol. The second kappa shape index (κ2) is 6.63. The van der Waals surface area contributed by atoms with Crippen molar-refractivity contribution in [2.45, 2.75) is 40.0 Å². The average Bonchev–Trinajstić information content (AvgIpc) is 3.14. The van der Waals surface area contributed by atoms with Crippen LogP contribution in [0, 0.1) is 27.7 Å². The van der Waals surface area contributed by atoms with Gasteiger partial charge in [-0.05, 0) is 45.2 Å². The van der Waals surface area contributed by atoms with Crippen LogP contribution >= 0.6 is 0 Å². The predicted octanol–water partition coefficient (Wildman–Crippen LogP) is 2.70. The van der Waals surface area contributed by atoms with E-state index < -0.39 is 0 Å². The van der Waals surface area contributed by atoms with Crippen LogP contribution in [0.5, 0.6) is 5.75 Å². The van der Waals surface area contributed by atoms with Crippen molar-refractivity contribution in [3.8, 4) is 5.75 Å². The quantitative estimate of drug-likeness (QED) is 0.862. The molecule has 6 heteroatoms. The average molecular weight is 329 g/mol. The maximum Gasteiger partial charge on any atom is 0.260 e. The molecule has 0 N–H and O–H groups in total. The number of carbonyl (C=O) groups excluding carboxylic acids is 1. The van der Waals surface area contributed by atoms with Crippen LogP contribution in [0.2, 0.25) is 0 Å². The molecule has 0 radical (unpaired) electrons. The summed E-state index contributed by atoms with van der Waals surface area (Å²) in [4.78, 5) is 18.5. The first-order valence-corrected chi connectivity index (χ1v) is 8.22. The molecule has 1 atom stereocenters. The summed E-state index contributed by atoms with van der Waals surface area (Å²) in [7, 11) is 0. The zero-order valence-electron chi connectivity index (χ0n) is 14.6. The molecule has 1 aromatic heterocycles. The largest absolute Gasteiger partial charge is 0.483 e. The third kappa shape index (κ3) is 3.42. The van der Waals surface area contributed by atoms with Gasteiger partial charge in [-0.2, -0.15) is 4.98 Å². The van der Waals surface area contributed by atoms with E-state index in [-0.39, 0.29) is 18.4 Å². The van der Waals surface area contributed by atoms with Crippen molar-refractivity contribution in [1.29, 1.82) is 0 Å². The Morgan fingerprint density at radius 2 is 2.00 bits per heavy atom. The van der Waals surface area contributed by atoms with E-state index in [2.05, 4.69) is 29.2 Å². The lowest BCUT2D eigenvalue weighted by Gasteiger charge is -2.18. The first kappa shape index (κ1) is 16.5. The summed E-state index contributed by atoms with van der Waals surface area (Å²) in [5.74, 6) is 2.17. The smallest absolute Gasteiger partial charge is 0.260 e. The van der Waals surface area contributed by atoms with Gasteiger partial charge in [-0.3, -0.25) is 4.79 Å². The summed E-state index contributed by atoms with van der Waals surface area (Å²) >= 11 is 0. The Labute approximate surface area is 141 Å². The zero-order chi connectivity index (χ0) is 17.3. The number of amides is 1. The van der Waals surface area contributed by atoms with Crippen molar-refractivity contribution < 1.29 is 14.1 Å². The molecule has 128 valence electrons. The van der Waals surface area contributed by atoms with Crippen LogP contribution < -0.4 is 4.74 Å². The van der Waals surface area contributed by atoms with Crippen LogP contribution in [0.25, 0.3) is 0 Å². The molecule has 1 aliphatic rings. The molecule has 1 fully saturated rings. The Morgan fingerprint density at radius 3 is 2.62 bits per heavy atom. The van der Waals surface area contributed by atoms with Gasteiger partial charge in [-0.15, -0.1) is 0 Å². The Bertz CT molecular complexity index is 731. The first-order chi connectivity index (χ1) is 11.4. The molecule has 24 heavy (non-hydrogen) atoms. The number of hydrogen-bond donors (Lipinski definition) is 0. The molecule has 0 saturated carbocycles. The third-order valence-corrected chi connectivity index (χ3v) is 4.38. The summed E-state index contributed by atoms with van der Waals surface area (Å²) in [5.41, 5.74) is 3.31. The number of nitrogens with zero attached hydrogens (tertiary/aromatic N) is 3. The van der Waals surface area contributed by atoms with Gasteiger partial charge >= 0.3 is 0 Å². The molecule has 6 nitrogen and oxygen atoms in total.